The van der Waals surface area contributed by atoms with Gasteiger partial charge in [-0.1, -0.05) is 49.3 Å². The van der Waals surface area contributed by atoms with Crippen LogP contribution in [0, 0.1) is 5.92 Å². The fraction of sp³-hybridized carbons (Fsp3) is 0.429. The molecule has 48 heavy (non-hydrogen) atoms. The molecule has 0 aliphatic carbocycles. The number of ether oxygens (including phenoxy) is 1. The summed E-state index contributed by atoms with van der Waals surface area (Å²) in [5.74, 6) is -1.49. The summed E-state index contributed by atoms with van der Waals surface area (Å²) in [6.07, 6.45) is 2.14. The highest BCUT2D eigenvalue weighted by Gasteiger charge is 2.30. The number of carbonyl (C=O) groups is 5. The second-order valence-corrected chi connectivity index (χ2v) is 12.6. The third kappa shape index (κ3) is 8.78. The molecule has 13 nitrogen and oxygen atoms in total. The molecule has 3 atom stereocenters. The highest BCUT2D eigenvalue weighted by Crippen LogP contribution is 2.26. The van der Waals surface area contributed by atoms with Crippen molar-refractivity contribution in [2.75, 3.05) is 19.7 Å². The molecule has 3 aromatic rings. The van der Waals surface area contributed by atoms with Crippen LogP contribution in [0.2, 0.25) is 0 Å². The number of aryl methyl sites for hydroxylation is 1. The Balaban J connectivity index is 1.44. The number of rotatable bonds is 5. The molecule has 2 bridgehead atoms. The van der Waals surface area contributed by atoms with E-state index in [1.165, 1.54) is 17.9 Å². The van der Waals surface area contributed by atoms with E-state index in [9.17, 15) is 24.0 Å². The van der Waals surface area contributed by atoms with Crippen LogP contribution < -0.4 is 26.0 Å². The molecule has 2 aromatic carbocycles. The normalized spacial score (nSPS) is 21.1. The van der Waals surface area contributed by atoms with Crippen molar-refractivity contribution in [3.05, 3.63) is 82.7 Å². The molecular formula is C35H42N6O7. The van der Waals surface area contributed by atoms with Crippen molar-refractivity contribution in [3.63, 3.8) is 0 Å². The van der Waals surface area contributed by atoms with Crippen molar-refractivity contribution in [2.24, 2.45) is 5.92 Å². The highest BCUT2D eigenvalue weighted by molar-refractivity contribution is 5.98. The second kappa shape index (κ2) is 15.6. The molecule has 0 fully saturated rings. The average Bonchev–Trinajstić information content (AvgIpc) is 3.55. The Morgan fingerprint density at radius 1 is 0.958 bits per heavy atom. The van der Waals surface area contributed by atoms with Crippen LogP contribution in [0.3, 0.4) is 0 Å². The summed E-state index contributed by atoms with van der Waals surface area (Å²) >= 11 is 0. The van der Waals surface area contributed by atoms with Gasteiger partial charge in [0.15, 0.2) is 11.5 Å². The van der Waals surface area contributed by atoms with Gasteiger partial charge in [-0.3, -0.25) is 24.0 Å². The molecule has 3 heterocycles. The molecule has 5 amide bonds. The third-order valence-corrected chi connectivity index (χ3v) is 8.26. The maximum atomic E-state index is 13.9. The van der Waals surface area contributed by atoms with Crippen molar-refractivity contribution in [1.82, 2.24) is 31.3 Å². The van der Waals surface area contributed by atoms with Crippen molar-refractivity contribution >= 4 is 29.5 Å². The van der Waals surface area contributed by atoms with Crippen LogP contribution >= 0.6 is 0 Å². The van der Waals surface area contributed by atoms with Gasteiger partial charge in [-0.15, -0.1) is 0 Å². The lowest BCUT2D eigenvalue weighted by atomic mass is 10.0. The van der Waals surface area contributed by atoms with Crippen molar-refractivity contribution < 1.29 is 33.2 Å². The molecule has 0 saturated carbocycles. The van der Waals surface area contributed by atoms with Crippen LogP contribution in [-0.2, 0) is 33.8 Å². The van der Waals surface area contributed by atoms with Crippen molar-refractivity contribution in [2.45, 2.75) is 71.1 Å². The Bertz CT molecular complexity index is 1640. The Hall–Kier alpha value is -5.20. The fourth-order valence-corrected chi connectivity index (χ4v) is 5.72. The summed E-state index contributed by atoms with van der Waals surface area (Å²) in [4.78, 5) is 68.8. The van der Waals surface area contributed by atoms with Crippen LogP contribution in [0.25, 0.3) is 0 Å². The highest BCUT2D eigenvalue weighted by atomic mass is 16.5. The Kier molecular flexibility index (Phi) is 11.1. The topological polar surface area (TPSA) is 172 Å². The van der Waals surface area contributed by atoms with Gasteiger partial charge in [0.1, 0.15) is 23.9 Å². The van der Waals surface area contributed by atoms with E-state index in [0.29, 0.717) is 18.6 Å². The zero-order chi connectivity index (χ0) is 34.2. The number of amides is 5. The van der Waals surface area contributed by atoms with Crippen molar-refractivity contribution in [3.8, 4) is 5.75 Å². The predicted octanol–water partition coefficient (Wildman–Crippen LogP) is 2.15. The van der Waals surface area contributed by atoms with Gasteiger partial charge in [0, 0.05) is 31.1 Å². The van der Waals surface area contributed by atoms with Crippen LogP contribution in [0.1, 0.15) is 71.3 Å². The lowest BCUT2D eigenvalue weighted by molar-refractivity contribution is -0.132. The summed E-state index contributed by atoms with van der Waals surface area (Å²) in [7, 11) is 0. The molecule has 1 aromatic heterocycles. The minimum atomic E-state index is -1.02. The minimum Gasteiger partial charge on any atom is -0.493 e. The van der Waals surface area contributed by atoms with Crippen LogP contribution in [0.5, 0.6) is 5.75 Å². The van der Waals surface area contributed by atoms with E-state index < -0.39 is 41.8 Å². The predicted molar refractivity (Wildman–Crippen MR) is 175 cm³/mol. The summed E-state index contributed by atoms with van der Waals surface area (Å²) in [6, 6.07) is 13.0. The first kappa shape index (κ1) is 34.1. The van der Waals surface area contributed by atoms with Crippen LogP contribution in [0.15, 0.2) is 59.1 Å². The second-order valence-electron chi connectivity index (χ2n) is 12.6. The quantitative estimate of drug-likeness (QED) is 0.323. The lowest BCUT2D eigenvalue weighted by Crippen LogP contribution is -2.57. The molecule has 13 heteroatoms. The number of hydrogen-bond donors (Lipinski definition) is 4. The molecule has 2 aliphatic rings. The molecule has 254 valence electrons. The number of hydrogen-bond acceptors (Lipinski definition) is 8. The van der Waals surface area contributed by atoms with E-state index in [1.807, 2.05) is 50.2 Å². The number of aromatic nitrogens is 1. The SMILES string of the molecule is CC(C)C[C@H]1NC(=O)[C@@H](C)NC(=O)c2cc(on2)CN(C(=O)c2ccc3c(c2)CCCO3)CCNC(=O)[C@@H](Cc2ccccc2)NC1=O. The van der Waals surface area contributed by atoms with E-state index >= 15 is 0 Å². The minimum absolute atomic E-state index is 0.0323. The standard InChI is InChI=1S/C35H42N6O7/c1-21(2)16-27-33(44)39-28(17-23-8-5-4-6-9-23)32(43)36-13-14-41(35(46)25-11-12-30-24(18-25)10-7-15-47-30)20-26-19-29(40-48-26)34(45)37-22(3)31(42)38-27/h4-6,8-9,11-12,18-19,21-22,27-28H,7,10,13-17,20H2,1-3H3,(H,36,43)(H,37,45)(H,38,42)(H,39,44)/t22-,27-,28-/m1/s1. The van der Waals surface area contributed by atoms with E-state index in [2.05, 4.69) is 26.4 Å². The summed E-state index contributed by atoms with van der Waals surface area (Å²) in [5, 5.41) is 14.9. The van der Waals surface area contributed by atoms with Gasteiger partial charge in [-0.2, -0.15) is 0 Å². The molecule has 5 rings (SSSR count). The largest absolute Gasteiger partial charge is 0.493 e. The zero-order valence-corrected chi connectivity index (χ0v) is 27.4. The van der Waals surface area contributed by atoms with E-state index in [0.717, 1.165) is 29.7 Å². The van der Waals surface area contributed by atoms with Crippen LogP contribution in [-0.4, -0.2) is 77.4 Å². The van der Waals surface area contributed by atoms with Gasteiger partial charge in [0.05, 0.1) is 13.2 Å². The van der Waals surface area contributed by atoms with E-state index in [4.69, 9.17) is 9.26 Å². The molecule has 0 unspecified atom stereocenters. The monoisotopic (exact) mass is 658 g/mol. The number of benzene rings is 2. The smallest absolute Gasteiger partial charge is 0.274 e. The molecule has 2 aliphatic heterocycles. The molecular weight excluding hydrogens is 616 g/mol. The summed E-state index contributed by atoms with van der Waals surface area (Å²) in [5.41, 5.74) is 2.14. The van der Waals surface area contributed by atoms with Gasteiger partial charge < -0.3 is 35.4 Å². The molecule has 0 saturated heterocycles. The first-order chi connectivity index (χ1) is 23.1. The molecule has 0 radical (unpaired) electrons. The first-order valence-electron chi connectivity index (χ1n) is 16.3. The summed E-state index contributed by atoms with van der Waals surface area (Å²) in [6.45, 7) is 6.06. The van der Waals surface area contributed by atoms with Gasteiger partial charge in [-0.05, 0) is 61.4 Å². The van der Waals surface area contributed by atoms with E-state index in [1.54, 1.807) is 12.1 Å². The van der Waals surface area contributed by atoms with Gasteiger partial charge in [0.25, 0.3) is 11.8 Å². The molecule has 4 N–H and O–H groups in total. The van der Waals surface area contributed by atoms with Gasteiger partial charge in [0.2, 0.25) is 17.7 Å². The Morgan fingerprint density at radius 2 is 1.73 bits per heavy atom. The Morgan fingerprint density at radius 3 is 2.50 bits per heavy atom. The van der Waals surface area contributed by atoms with E-state index in [-0.39, 0.29) is 49.3 Å². The summed E-state index contributed by atoms with van der Waals surface area (Å²) < 4.78 is 11.1. The maximum Gasteiger partial charge on any atom is 0.274 e. The third-order valence-electron chi connectivity index (χ3n) is 8.26. The van der Waals surface area contributed by atoms with Crippen LogP contribution in [0.4, 0.5) is 0 Å². The number of fused-ring (bicyclic) bond motifs is 3. The number of carbonyl (C=O) groups excluding carboxylic acids is 5. The molecule has 0 spiro atoms. The van der Waals surface area contributed by atoms with Crippen molar-refractivity contribution in [1.29, 1.82) is 0 Å². The number of nitrogens with zero attached hydrogens (tertiary/aromatic N) is 2. The average molecular weight is 659 g/mol. The maximum absolute atomic E-state index is 13.9. The zero-order valence-electron chi connectivity index (χ0n) is 27.4. The first-order valence-corrected chi connectivity index (χ1v) is 16.3. The fourth-order valence-electron chi connectivity index (χ4n) is 5.72. The van der Waals surface area contributed by atoms with Gasteiger partial charge >= 0.3 is 0 Å². The Labute approximate surface area is 279 Å². The van der Waals surface area contributed by atoms with Gasteiger partial charge in [-0.25, -0.2) is 0 Å². The lowest BCUT2D eigenvalue weighted by Gasteiger charge is -2.26. The number of nitrogens with one attached hydrogen (secondary N) is 4.